The number of likely N-dealkylation sites (N-methyl/N-ethyl adjacent to an activating group) is 1. The summed E-state index contributed by atoms with van der Waals surface area (Å²) in [4.78, 5) is 6.75. The van der Waals surface area contributed by atoms with E-state index >= 15 is 0 Å². The number of benzene rings is 1. The minimum atomic E-state index is 0.246. The van der Waals surface area contributed by atoms with E-state index in [1.54, 1.807) is 0 Å². The van der Waals surface area contributed by atoms with E-state index in [2.05, 4.69) is 34.2 Å². The Morgan fingerprint density at radius 2 is 2.00 bits per heavy atom. The van der Waals surface area contributed by atoms with Crippen LogP contribution in [0.1, 0.15) is 35.5 Å². The maximum atomic E-state index is 5.98. The van der Waals surface area contributed by atoms with Crippen molar-refractivity contribution < 1.29 is 4.52 Å². The van der Waals surface area contributed by atoms with Crippen LogP contribution in [0.15, 0.2) is 28.8 Å². The molecule has 1 aliphatic rings. The molecule has 5 heteroatoms. The minimum Gasteiger partial charge on any atom is -0.339 e. The average Bonchev–Trinajstić information content (AvgIpc) is 2.86. The second-order valence-corrected chi connectivity index (χ2v) is 5.93. The molecule has 20 heavy (non-hydrogen) atoms. The predicted octanol–water partition coefficient (Wildman–Crippen LogP) is 3.23. The van der Waals surface area contributed by atoms with Crippen molar-refractivity contribution in [2.45, 2.75) is 25.2 Å². The average molecular weight is 292 g/mol. The van der Waals surface area contributed by atoms with Crippen LogP contribution < -0.4 is 0 Å². The third-order valence-corrected chi connectivity index (χ3v) is 4.23. The van der Waals surface area contributed by atoms with E-state index in [0.29, 0.717) is 11.7 Å². The van der Waals surface area contributed by atoms with Gasteiger partial charge in [-0.25, -0.2) is 0 Å². The van der Waals surface area contributed by atoms with Gasteiger partial charge in [-0.3, -0.25) is 0 Å². The Labute approximate surface area is 123 Å². The maximum Gasteiger partial charge on any atom is 0.231 e. The first-order valence-electron chi connectivity index (χ1n) is 6.87. The van der Waals surface area contributed by atoms with Gasteiger partial charge in [-0.15, -0.1) is 0 Å². The van der Waals surface area contributed by atoms with Crippen molar-refractivity contribution in [2.75, 3.05) is 20.1 Å². The summed E-state index contributed by atoms with van der Waals surface area (Å²) in [6.07, 6.45) is 1.09. The molecule has 1 aliphatic heterocycles. The van der Waals surface area contributed by atoms with Crippen LogP contribution in [0.2, 0.25) is 5.02 Å². The third-order valence-electron chi connectivity index (χ3n) is 3.97. The summed E-state index contributed by atoms with van der Waals surface area (Å²) in [5, 5.41) is 4.70. The predicted molar refractivity (Wildman–Crippen MR) is 78.1 cm³/mol. The fourth-order valence-corrected chi connectivity index (χ4v) is 3.06. The van der Waals surface area contributed by atoms with Crippen LogP contribution in [0, 0.1) is 6.92 Å². The lowest BCUT2D eigenvalue weighted by molar-refractivity contribution is 0.198. The number of hydrogen-bond acceptors (Lipinski definition) is 4. The van der Waals surface area contributed by atoms with Crippen molar-refractivity contribution in [3.63, 3.8) is 0 Å². The van der Waals surface area contributed by atoms with Gasteiger partial charge in [0.2, 0.25) is 5.89 Å². The van der Waals surface area contributed by atoms with Crippen LogP contribution in [-0.2, 0) is 0 Å². The summed E-state index contributed by atoms with van der Waals surface area (Å²) in [6.45, 7) is 3.88. The highest BCUT2D eigenvalue weighted by atomic mass is 35.5. The Kier molecular flexibility index (Phi) is 3.76. The molecular weight excluding hydrogens is 274 g/mol. The molecule has 0 saturated carbocycles. The molecule has 1 aromatic carbocycles. The van der Waals surface area contributed by atoms with Crippen LogP contribution in [0.25, 0.3) is 0 Å². The first-order chi connectivity index (χ1) is 9.63. The van der Waals surface area contributed by atoms with E-state index in [1.165, 1.54) is 5.56 Å². The lowest BCUT2D eigenvalue weighted by Gasteiger charge is -2.35. The van der Waals surface area contributed by atoms with Crippen molar-refractivity contribution in [3.05, 3.63) is 46.6 Å². The molecule has 0 amide bonds. The molecule has 0 aliphatic carbocycles. The summed E-state index contributed by atoms with van der Waals surface area (Å²) in [5.74, 6) is 2.09. The number of halogens is 1. The van der Waals surface area contributed by atoms with Crippen molar-refractivity contribution in [1.82, 2.24) is 15.0 Å². The standard InChI is InChI=1S/C15H18ClN3O/c1-10-17-15(20-18-10)14-9-19(2)8-7-13(14)11-3-5-12(16)6-4-11/h3-6,13-14H,7-9H2,1-2H3. The zero-order valence-electron chi connectivity index (χ0n) is 11.7. The smallest absolute Gasteiger partial charge is 0.231 e. The first kappa shape index (κ1) is 13.6. The molecule has 3 rings (SSSR count). The molecule has 0 N–H and O–H groups in total. The fourth-order valence-electron chi connectivity index (χ4n) is 2.94. The number of piperidine rings is 1. The van der Waals surface area contributed by atoms with Crippen LogP contribution in [0.4, 0.5) is 0 Å². The molecule has 1 saturated heterocycles. The number of rotatable bonds is 2. The Bertz CT molecular complexity index is 581. The summed E-state index contributed by atoms with van der Waals surface area (Å²) >= 11 is 5.98. The van der Waals surface area contributed by atoms with Gasteiger partial charge in [-0.1, -0.05) is 28.9 Å². The third kappa shape index (κ3) is 2.72. The van der Waals surface area contributed by atoms with E-state index in [0.717, 1.165) is 30.4 Å². The summed E-state index contributed by atoms with van der Waals surface area (Å²) in [6, 6.07) is 8.11. The van der Waals surface area contributed by atoms with E-state index in [9.17, 15) is 0 Å². The van der Waals surface area contributed by atoms with Crippen LogP contribution in [-0.4, -0.2) is 35.2 Å². The molecule has 2 unspecified atom stereocenters. The van der Waals surface area contributed by atoms with Crippen molar-refractivity contribution in [1.29, 1.82) is 0 Å². The van der Waals surface area contributed by atoms with Crippen molar-refractivity contribution in [2.24, 2.45) is 0 Å². The minimum absolute atomic E-state index is 0.246. The molecule has 1 aromatic heterocycles. The number of aryl methyl sites for hydroxylation is 1. The molecule has 2 heterocycles. The number of likely N-dealkylation sites (tertiary alicyclic amines) is 1. The SMILES string of the molecule is Cc1noc(C2CN(C)CCC2c2ccc(Cl)cc2)n1. The quantitative estimate of drug-likeness (QED) is 0.852. The van der Waals surface area contributed by atoms with E-state index in [-0.39, 0.29) is 5.92 Å². The van der Waals surface area contributed by atoms with E-state index in [4.69, 9.17) is 16.1 Å². The Morgan fingerprint density at radius 1 is 1.25 bits per heavy atom. The van der Waals surface area contributed by atoms with Crippen molar-refractivity contribution in [3.8, 4) is 0 Å². The lowest BCUT2D eigenvalue weighted by atomic mass is 9.80. The van der Waals surface area contributed by atoms with Crippen LogP contribution in [0.5, 0.6) is 0 Å². The number of nitrogens with zero attached hydrogens (tertiary/aromatic N) is 3. The van der Waals surface area contributed by atoms with Gasteiger partial charge in [-0.2, -0.15) is 4.98 Å². The fraction of sp³-hybridized carbons (Fsp3) is 0.467. The zero-order valence-corrected chi connectivity index (χ0v) is 12.5. The molecule has 2 aromatic rings. The van der Waals surface area contributed by atoms with Crippen molar-refractivity contribution >= 4 is 11.6 Å². The molecule has 1 fully saturated rings. The van der Waals surface area contributed by atoms with Gasteiger partial charge in [0.05, 0.1) is 5.92 Å². The molecule has 0 bridgehead atoms. The summed E-state index contributed by atoms with van der Waals surface area (Å²) in [7, 11) is 2.13. The van der Waals surface area contributed by atoms with E-state index in [1.807, 2.05) is 19.1 Å². The largest absolute Gasteiger partial charge is 0.339 e. The molecule has 4 nitrogen and oxygen atoms in total. The molecule has 106 valence electrons. The van der Waals surface area contributed by atoms with Gasteiger partial charge >= 0.3 is 0 Å². The highest BCUT2D eigenvalue weighted by Crippen LogP contribution is 2.38. The normalized spacial score (nSPS) is 23.9. The first-order valence-corrected chi connectivity index (χ1v) is 7.25. The van der Waals surface area contributed by atoms with Gasteiger partial charge in [0.15, 0.2) is 5.82 Å². The zero-order chi connectivity index (χ0) is 14.1. The monoisotopic (exact) mass is 291 g/mol. The van der Waals surface area contributed by atoms with Gasteiger partial charge in [0.1, 0.15) is 0 Å². The van der Waals surface area contributed by atoms with Crippen LogP contribution >= 0.6 is 11.6 Å². The van der Waals surface area contributed by atoms with E-state index < -0.39 is 0 Å². The molecular formula is C15H18ClN3O. The molecule has 0 spiro atoms. The highest BCUT2D eigenvalue weighted by Gasteiger charge is 2.33. The van der Waals surface area contributed by atoms with Gasteiger partial charge in [-0.05, 0) is 50.6 Å². The second kappa shape index (κ2) is 5.54. The molecule has 0 radical (unpaired) electrons. The van der Waals surface area contributed by atoms with Gasteiger partial charge in [0, 0.05) is 11.6 Å². The Morgan fingerprint density at radius 3 is 2.65 bits per heavy atom. The maximum absolute atomic E-state index is 5.98. The summed E-state index contributed by atoms with van der Waals surface area (Å²) < 4.78 is 5.41. The highest BCUT2D eigenvalue weighted by molar-refractivity contribution is 6.30. The number of hydrogen-bond donors (Lipinski definition) is 0. The topological polar surface area (TPSA) is 42.2 Å². The Balaban J connectivity index is 1.92. The van der Waals surface area contributed by atoms with Gasteiger partial charge < -0.3 is 9.42 Å². The second-order valence-electron chi connectivity index (χ2n) is 5.50. The van der Waals surface area contributed by atoms with Gasteiger partial charge in [0.25, 0.3) is 0 Å². The van der Waals surface area contributed by atoms with Crippen LogP contribution in [0.3, 0.4) is 0 Å². The number of aromatic nitrogens is 2. The molecule has 2 atom stereocenters. The lowest BCUT2D eigenvalue weighted by Crippen LogP contribution is -2.35. The summed E-state index contributed by atoms with van der Waals surface area (Å²) in [5.41, 5.74) is 1.29. The Hall–Kier alpha value is -1.39.